The van der Waals surface area contributed by atoms with E-state index in [1.165, 1.54) is 24.3 Å². The maximum absolute atomic E-state index is 11.2. The average molecular weight is 247 g/mol. The van der Waals surface area contributed by atoms with Crippen molar-refractivity contribution in [3.05, 3.63) is 23.2 Å². The summed E-state index contributed by atoms with van der Waals surface area (Å²) in [5, 5.41) is 17.3. The number of nitriles is 1. The van der Waals surface area contributed by atoms with Gasteiger partial charge in [-0.25, -0.2) is 8.42 Å². The monoisotopic (exact) mass is 246 g/mol. The Morgan fingerprint density at radius 3 is 2.73 bits per heavy atom. The molecule has 0 radical (unpaired) electrons. The molecule has 2 N–H and O–H groups in total. The molecule has 0 aliphatic rings. The summed E-state index contributed by atoms with van der Waals surface area (Å²) in [6.07, 6.45) is 0. The van der Waals surface area contributed by atoms with Gasteiger partial charge in [0.25, 0.3) is 0 Å². The molecule has 0 unspecified atom stereocenters. The number of rotatable bonds is 3. The highest BCUT2D eigenvalue weighted by atomic mass is 35.5. The van der Waals surface area contributed by atoms with Gasteiger partial charge in [-0.1, -0.05) is 11.6 Å². The molecular formula is C8H7ClN2O3S. The largest absolute Gasteiger partial charge is 0.508 e. The van der Waals surface area contributed by atoms with Crippen molar-refractivity contribution in [1.29, 1.82) is 5.26 Å². The van der Waals surface area contributed by atoms with Crippen molar-refractivity contribution in [3.63, 3.8) is 0 Å². The van der Waals surface area contributed by atoms with Crippen LogP contribution in [0.5, 0.6) is 5.75 Å². The Kier molecular flexibility index (Phi) is 3.39. The van der Waals surface area contributed by atoms with Crippen molar-refractivity contribution >= 4 is 27.3 Å². The number of halogens is 1. The maximum Gasteiger partial charge on any atom is 0.246 e. The standard InChI is InChI=1S/C8H7ClN2O3S/c9-7-5-6(12)1-2-8(7)11-15(13,14)4-3-10/h1-2,5,11-12H,4H2. The van der Waals surface area contributed by atoms with E-state index in [1.54, 1.807) is 0 Å². The smallest absolute Gasteiger partial charge is 0.246 e. The molecule has 0 fully saturated rings. The van der Waals surface area contributed by atoms with Crippen LogP contribution in [-0.4, -0.2) is 19.3 Å². The number of phenols is 1. The lowest BCUT2D eigenvalue weighted by Gasteiger charge is -2.06. The van der Waals surface area contributed by atoms with Crippen LogP contribution in [0.15, 0.2) is 18.2 Å². The average Bonchev–Trinajstić information content (AvgIpc) is 2.09. The van der Waals surface area contributed by atoms with Crippen LogP contribution < -0.4 is 4.72 Å². The molecule has 0 saturated carbocycles. The molecule has 5 nitrogen and oxygen atoms in total. The molecule has 0 heterocycles. The van der Waals surface area contributed by atoms with Crippen LogP contribution in [0.2, 0.25) is 5.02 Å². The lowest BCUT2D eigenvalue weighted by atomic mass is 10.3. The van der Waals surface area contributed by atoms with Gasteiger partial charge in [0, 0.05) is 6.07 Å². The van der Waals surface area contributed by atoms with Crippen molar-refractivity contribution in [2.24, 2.45) is 0 Å². The molecule has 80 valence electrons. The summed E-state index contributed by atoms with van der Waals surface area (Å²) in [6, 6.07) is 5.32. The highest BCUT2D eigenvalue weighted by Gasteiger charge is 2.11. The first kappa shape index (κ1) is 11.6. The van der Waals surface area contributed by atoms with Gasteiger partial charge >= 0.3 is 0 Å². The lowest BCUT2D eigenvalue weighted by Crippen LogP contribution is -2.15. The van der Waals surface area contributed by atoms with Crippen LogP contribution in [0.3, 0.4) is 0 Å². The van der Waals surface area contributed by atoms with Crippen LogP contribution in [0.4, 0.5) is 5.69 Å². The fourth-order valence-electron chi connectivity index (χ4n) is 0.875. The summed E-state index contributed by atoms with van der Waals surface area (Å²) in [7, 11) is -3.70. The molecule has 0 bridgehead atoms. The summed E-state index contributed by atoms with van der Waals surface area (Å²) in [5.41, 5.74) is 0.129. The van der Waals surface area contributed by atoms with E-state index in [-0.39, 0.29) is 16.5 Å². The van der Waals surface area contributed by atoms with E-state index < -0.39 is 15.8 Å². The zero-order chi connectivity index (χ0) is 11.5. The molecule has 0 spiro atoms. The first-order valence-corrected chi connectivity index (χ1v) is 5.83. The molecule has 0 aliphatic heterocycles. The van der Waals surface area contributed by atoms with E-state index in [0.29, 0.717) is 0 Å². The second-order valence-electron chi connectivity index (χ2n) is 2.68. The molecule has 1 aromatic rings. The Hall–Kier alpha value is -1.45. The zero-order valence-corrected chi connectivity index (χ0v) is 9.01. The fourth-order valence-corrected chi connectivity index (χ4v) is 1.91. The molecule has 0 amide bonds. The van der Waals surface area contributed by atoms with E-state index in [0.717, 1.165) is 0 Å². The van der Waals surface area contributed by atoms with Crippen molar-refractivity contribution in [2.75, 3.05) is 10.5 Å². The van der Waals surface area contributed by atoms with Crippen LogP contribution in [0.1, 0.15) is 0 Å². The number of nitrogens with zero attached hydrogens (tertiary/aromatic N) is 1. The topological polar surface area (TPSA) is 90.2 Å². The van der Waals surface area contributed by atoms with Gasteiger partial charge < -0.3 is 5.11 Å². The Bertz CT molecular complexity index is 507. The van der Waals surface area contributed by atoms with Gasteiger partial charge in [0.1, 0.15) is 5.75 Å². The molecule has 1 rings (SSSR count). The Morgan fingerprint density at radius 2 is 2.20 bits per heavy atom. The van der Waals surface area contributed by atoms with Crippen molar-refractivity contribution in [2.45, 2.75) is 0 Å². The molecular weight excluding hydrogens is 240 g/mol. The van der Waals surface area contributed by atoms with Crippen LogP contribution >= 0.6 is 11.6 Å². The van der Waals surface area contributed by atoms with E-state index >= 15 is 0 Å². The molecule has 1 aromatic carbocycles. The van der Waals surface area contributed by atoms with E-state index in [1.807, 2.05) is 0 Å². The molecule has 0 aromatic heterocycles. The third-order valence-corrected chi connectivity index (χ3v) is 2.83. The quantitative estimate of drug-likeness (QED) is 0.787. The van der Waals surface area contributed by atoms with Gasteiger partial charge in [-0.2, -0.15) is 5.26 Å². The van der Waals surface area contributed by atoms with Crippen LogP contribution in [0, 0.1) is 11.3 Å². The van der Waals surface area contributed by atoms with Crippen molar-refractivity contribution in [3.8, 4) is 11.8 Å². The minimum Gasteiger partial charge on any atom is -0.508 e. The third-order valence-electron chi connectivity index (χ3n) is 1.47. The normalized spacial score (nSPS) is 10.7. The van der Waals surface area contributed by atoms with E-state index in [4.69, 9.17) is 22.0 Å². The zero-order valence-electron chi connectivity index (χ0n) is 7.44. The number of aromatic hydroxyl groups is 1. The number of phenolic OH excluding ortho intramolecular Hbond substituents is 1. The van der Waals surface area contributed by atoms with Gasteiger partial charge in [0.15, 0.2) is 5.75 Å². The first-order chi connectivity index (χ1) is 6.94. The van der Waals surface area contributed by atoms with Gasteiger partial charge in [-0.05, 0) is 12.1 Å². The Labute approximate surface area is 92.0 Å². The number of anilines is 1. The number of hydrogen-bond donors (Lipinski definition) is 2. The first-order valence-electron chi connectivity index (χ1n) is 3.80. The number of nitrogens with one attached hydrogen (secondary N) is 1. The van der Waals surface area contributed by atoms with Crippen molar-refractivity contribution in [1.82, 2.24) is 0 Å². The Balaban J connectivity index is 2.96. The van der Waals surface area contributed by atoms with Gasteiger partial charge in [0.05, 0.1) is 16.8 Å². The molecule has 7 heteroatoms. The molecule has 0 aliphatic carbocycles. The van der Waals surface area contributed by atoms with E-state index in [9.17, 15) is 8.42 Å². The minimum atomic E-state index is -3.70. The number of sulfonamides is 1. The Morgan fingerprint density at radius 1 is 1.53 bits per heavy atom. The highest BCUT2D eigenvalue weighted by Crippen LogP contribution is 2.26. The van der Waals surface area contributed by atoms with Crippen LogP contribution in [-0.2, 0) is 10.0 Å². The second-order valence-corrected chi connectivity index (χ2v) is 4.81. The summed E-state index contributed by atoms with van der Waals surface area (Å²) < 4.78 is 24.5. The minimum absolute atomic E-state index is 0.0662. The van der Waals surface area contributed by atoms with Gasteiger partial charge in [-0.15, -0.1) is 0 Å². The van der Waals surface area contributed by atoms with Gasteiger partial charge in [-0.3, -0.25) is 4.72 Å². The molecule has 0 atom stereocenters. The SMILES string of the molecule is N#CCS(=O)(=O)Nc1ccc(O)cc1Cl. The summed E-state index contributed by atoms with van der Waals surface area (Å²) in [6.45, 7) is 0. The molecule has 0 saturated heterocycles. The van der Waals surface area contributed by atoms with Crippen LogP contribution in [0.25, 0.3) is 0 Å². The summed E-state index contributed by atoms with van der Waals surface area (Å²) >= 11 is 5.67. The maximum atomic E-state index is 11.2. The molecule has 15 heavy (non-hydrogen) atoms. The van der Waals surface area contributed by atoms with Crippen molar-refractivity contribution < 1.29 is 13.5 Å². The second kappa shape index (κ2) is 4.38. The summed E-state index contributed by atoms with van der Waals surface area (Å²) in [4.78, 5) is 0. The fraction of sp³-hybridized carbons (Fsp3) is 0.125. The number of hydrogen-bond acceptors (Lipinski definition) is 4. The predicted octanol–water partition coefficient (Wildman–Crippen LogP) is 1.31. The third kappa shape index (κ3) is 3.31. The van der Waals surface area contributed by atoms with E-state index in [2.05, 4.69) is 4.72 Å². The van der Waals surface area contributed by atoms with Gasteiger partial charge in [0.2, 0.25) is 10.0 Å². The number of benzene rings is 1. The predicted molar refractivity (Wildman–Crippen MR) is 56.1 cm³/mol. The lowest BCUT2D eigenvalue weighted by molar-refractivity contribution is 0.475. The summed E-state index contributed by atoms with van der Waals surface area (Å²) in [5.74, 6) is -0.715. The highest BCUT2D eigenvalue weighted by molar-refractivity contribution is 7.92.